The molecule has 0 aromatic carbocycles. The molecule has 8 heteroatoms. The second-order valence-corrected chi connectivity index (χ2v) is 4.89. The Morgan fingerprint density at radius 2 is 1.68 bits per heavy atom. The van der Waals surface area contributed by atoms with Gasteiger partial charge in [-0.1, -0.05) is 0 Å². The van der Waals surface area contributed by atoms with Gasteiger partial charge in [0.2, 0.25) is 5.60 Å². The Bertz CT molecular complexity index is 331. The summed E-state index contributed by atoms with van der Waals surface area (Å²) in [5.74, 6) is -4.60. The van der Waals surface area contributed by atoms with Crippen LogP contribution < -0.4 is 24.0 Å². The van der Waals surface area contributed by atoms with Gasteiger partial charge >= 0.3 is 30.8 Å². The van der Waals surface area contributed by atoms with E-state index in [0.29, 0.717) is 0 Å². The van der Waals surface area contributed by atoms with Crippen molar-refractivity contribution in [2.75, 3.05) is 0 Å². The van der Waals surface area contributed by atoms with E-state index >= 15 is 0 Å². The van der Waals surface area contributed by atoms with Gasteiger partial charge in [-0.3, -0.25) is 4.79 Å². The SMILES string of the molecule is CC(C)(C)OC(=O)CCCC(O)(C(=O)[O-])C(=O)O.[Li+]. The summed E-state index contributed by atoms with van der Waals surface area (Å²) in [6.07, 6.45) is -0.935. The second kappa shape index (κ2) is 7.53. The average Bonchev–Trinajstić information content (AvgIpc) is 2.13. The molecule has 7 nitrogen and oxygen atoms in total. The van der Waals surface area contributed by atoms with Crippen LogP contribution in [0.2, 0.25) is 0 Å². The van der Waals surface area contributed by atoms with Gasteiger partial charge < -0.3 is 24.9 Å². The van der Waals surface area contributed by atoms with E-state index in [1.807, 2.05) is 0 Å². The number of esters is 1. The molecule has 0 heterocycles. The van der Waals surface area contributed by atoms with Gasteiger partial charge in [-0.15, -0.1) is 0 Å². The van der Waals surface area contributed by atoms with E-state index in [9.17, 15) is 24.6 Å². The fourth-order valence-electron chi connectivity index (χ4n) is 1.18. The molecule has 19 heavy (non-hydrogen) atoms. The predicted octanol–water partition coefficient (Wildman–Crippen LogP) is -3.93. The smallest absolute Gasteiger partial charge is 0.546 e. The number of carboxylic acids is 2. The van der Waals surface area contributed by atoms with Gasteiger partial charge in [-0.25, -0.2) is 4.79 Å². The molecule has 0 aliphatic rings. The molecule has 0 aromatic heterocycles. The number of carboxylic acid groups (broad SMARTS) is 2. The largest absolute Gasteiger partial charge is 1.00 e. The van der Waals surface area contributed by atoms with E-state index in [-0.39, 0.29) is 31.7 Å². The van der Waals surface area contributed by atoms with E-state index in [1.54, 1.807) is 20.8 Å². The second-order valence-electron chi connectivity index (χ2n) is 4.89. The fourth-order valence-corrected chi connectivity index (χ4v) is 1.18. The molecule has 0 aliphatic carbocycles. The Morgan fingerprint density at radius 3 is 2.00 bits per heavy atom. The van der Waals surface area contributed by atoms with Gasteiger partial charge in [0, 0.05) is 6.42 Å². The van der Waals surface area contributed by atoms with Crippen molar-refractivity contribution in [1.82, 2.24) is 0 Å². The van der Waals surface area contributed by atoms with Gasteiger partial charge in [0.25, 0.3) is 0 Å². The summed E-state index contributed by atoms with van der Waals surface area (Å²) >= 11 is 0. The molecule has 0 saturated heterocycles. The van der Waals surface area contributed by atoms with Crippen molar-refractivity contribution in [3.05, 3.63) is 0 Å². The van der Waals surface area contributed by atoms with Crippen LogP contribution in [0, 0.1) is 0 Å². The molecular weight excluding hydrogens is 251 g/mol. The average molecular weight is 268 g/mol. The number of carbonyl (C=O) groups is 3. The molecule has 2 N–H and O–H groups in total. The van der Waals surface area contributed by atoms with E-state index in [4.69, 9.17) is 9.84 Å². The van der Waals surface area contributed by atoms with Crippen molar-refractivity contribution in [2.45, 2.75) is 51.2 Å². The molecule has 0 radical (unpaired) electrons. The van der Waals surface area contributed by atoms with Gasteiger partial charge in [-0.05, 0) is 33.6 Å². The van der Waals surface area contributed by atoms with E-state index in [2.05, 4.69) is 0 Å². The molecular formula is C11H17LiO7. The van der Waals surface area contributed by atoms with Gasteiger partial charge in [0.15, 0.2) is 0 Å². The van der Waals surface area contributed by atoms with Crippen LogP contribution in [0.1, 0.15) is 40.0 Å². The molecule has 0 aliphatic heterocycles. The molecule has 104 valence electrons. The molecule has 1 atom stereocenters. The number of hydrogen-bond acceptors (Lipinski definition) is 6. The Labute approximate surface area is 123 Å². The third-order valence-corrected chi connectivity index (χ3v) is 2.03. The minimum Gasteiger partial charge on any atom is -0.546 e. The molecule has 0 saturated carbocycles. The predicted molar refractivity (Wildman–Crippen MR) is 57.3 cm³/mol. The van der Waals surface area contributed by atoms with E-state index < -0.39 is 35.5 Å². The summed E-state index contributed by atoms with van der Waals surface area (Å²) < 4.78 is 4.94. The fraction of sp³-hybridized carbons (Fsp3) is 0.727. The van der Waals surface area contributed by atoms with Crippen molar-refractivity contribution >= 4 is 17.9 Å². The number of ether oxygens (including phenoxy) is 1. The standard InChI is InChI=1S/C11H18O7.Li/c1-10(2,3)18-7(12)5-4-6-11(17,8(13)14)9(15)16;/h17H,4-6H2,1-3H3,(H,13,14)(H,15,16);/q;+1/p-1. The number of carbonyl (C=O) groups excluding carboxylic acids is 2. The Morgan fingerprint density at radius 1 is 1.21 bits per heavy atom. The van der Waals surface area contributed by atoms with Crippen LogP contribution in [-0.2, 0) is 19.1 Å². The first-order chi connectivity index (χ1) is 7.99. The van der Waals surface area contributed by atoms with Crippen molar-refractivity contribution in [3.8, 4) is 0 Å². The van der Waals surface area contributed by atoms with Crippen molar-refractivity contribution in [1.29, 1.82) is 0 Å². The minimum atomic E-state index is -2.97. The van der Waals surface area contributed by atoms with Crippen molar-refractivity contribution < 1.29 is 53.3 Å². The summed E-state index contributed by atoms with van der Waals surface area (Å²) in [4.78, 5) is 32.4. The number of hydrogen-bond donors (Lipinski definition) is 2. The Balaban J connectivity index is 0. The van der Waals surface area contributed by atoms with Gasteiger partial charge in [0.05, 0.1) is 5.97 Å². The van der Waals surface area contributed by atoms with Crippen LogP contribution in [0.4, 0.5) is 0 Å². The Kier molecular flexibility index (Phi) is 8.04. The third-order valence-electron chi connectivity index (χ3n) is 2.03. The molecule has 0 bridgehead atoms. The maximum absolute atomic E-state index is 11.3. The molecule has 0 spiro atoms. The van der Waals surface area contributed by atoms with Crippen LogP contribution in [-0.4, -0.2) is 39.3 Å². The molecule has 0 fully saturated rings. The van der Waals surface area contributed by atoms with Crippen LogP contribution >= 0.6 is 0 Å². The first-order valence-electron chi connectivity index (χ1n) is 5.38. The monoisotopic (exact) mass is 268 g/mol. The van der Waals surface area contributed by atoms with Crippen molar-refractivity contribution in [3.63, 3.8) is 0 Å². The molecule has 0 amide bonds. The maximum atomic E-state index is 11.3. The topological polar surface area (TPSA) is 124 Å². The normalized spacial score (nSPS) is 13.9. The zero-order valence-electron chi connectivity index (χ0n) is 11.6. The summed E-state index contributed by atoms with van der Waals surface area (Å²) in [7, 11) is 0. The quantitative estimate of drug-likeness (QED) is 0.286. The first-order valence-corrected chi connectivity index (χ1v) is 5.38. The summed E-state index contributed by atoms with van der Waals surface area (Å²) in [6, 6.07) is 0. The van der Waals surface area contributed by atoms with E-state index in [0.717, 1.165) is 0 Å². The zero-order valence-corrected chi connectivity index (χ0v) is 11.6. The molecule has 0 rings (SSSR count). The summed E-state index contributed by atoms with van der Waals surface area (Å²) in [6.45, 7) is 5.00. The van der Waals surface area contributed by atoms with Crippen molar-refractivity contribution in [2.24, 2.45) is 0 Å². The van der Waals surface area contributed by atoms with E-state index in [1.165, 1.54) is 0 Å². The number of aliphatic carboxylic acids is 2. The first kappa shape index (κ1) is 20.3. The zero-order chi connectivity index (χ0) is 14.6. The van der Waals surface area contributed by atoms with Crippen LogP contribution in [0.15, 0.2) is 0 Å². The van der Waals surface area contributed by atoms with Crippen LogP contribution in [0.5, 0.6) is 0 Å². The van der Waals surface area contributed by atoms with Crippen LogP contribution in [0.25, 0.3) is 0 Å². The third kappa shape index (κ3) is 7.21. The summed E-state index contributed by atoms with van der Waals surface area (Å²) in [5, 5.41) is 28.4. The number of rotatable bonds is 6. The van der Waals surface area contributed by atoms with Crippen LogP contribution in [0.3, 0.4) is 0 Å². The molecule has 0 aromatic rings. The Hall–Kier alpha value is -1.03. The number of aliphatic hydroxyl groups is 1. The molecule has 1 unspecified atom stereocenters. The van der Waals surface area contributed by atoms with Gasteiger partial charge in [-0.2, -0.15) is 0 Å². The van der Waals surface area contributed by atoms with Gasteiger partial charge in [0.1, 0.15) is 5.60 Å². The maximum Gasteiger partial charge on any atom is 1.00 e. The minimum absolute atomic E-state index is 0. The summed E-state index contributed by atoms with van der Waals surface area (Å²) in [5.41, 5.74) is -3.64.